The monoisotopic (exact) mass is 277 g/mol. The molecule has 0 spiro atoms. The van der Waals surface area contributed by atoms with Crippen LogP contribution in [0.4, 0.5) is 5.82 Å². The molecule has 2 N–H and O–H groups in total. The standard InChI is InChI=1S/C15H23N3O2/c1-15(2,3)12-9-11(14(19)20)10-13(16-12)17-18-7-5-4-6-8-18/h9-10H,4-8H2,1-3H3,(H,16,17)(H,19,20). The second kappa shape index (κ2) is 5.79. The zero-order valence-corrected chi connectivity index (χ0v) is 12.4. The zero-order chi connectivity index (χ0) is 14.8. The minimum Gasteiger partial charge on any atom is -0.478 e. The van der Waals surface area contributed by atoms with Crippen LogP contribution in [0, 0.1) is 0 Å². The number of carboxylic acid groups (broad SMARTS) is 1. The molecule has 0 bridgehead atoms. The van der Waals surface area contributed by atoms with Crippen molar-refractivity contribution in [3.63, 3.8) is 0 Å². The van der Waals surface area contributed by atoms with Crippen molar-refractivity contribution in [2.75, 3.05) is 18.5 Å². The van der Waals surface area contributed by atoms with E-state index < -0.39 is 5.97 Å². The maximum atomic E-state index is 11.3. The van der Waals surface area contributed by atoms with Gasteiger partial charge in [0.15, 0.2) is 0 Å². The SMILES string of the molecule is CC(C)(C)c1cc(C(=O)O)cc(NN2CCCCC2)n1. The Bertz CT molecular complexity index is 488. The van der Waals surface area contributed by atoms with Crippen molar-refractivity contribution in [2.24, 2.45) is 0 Å². The Balaban J connectivity index is 2.26. The van der Waals surface area contributed by atoms with E-state index in [9.17, 15) is 9.90 Å². The Morgan fingerprint density at radius 1 is 1.25 bits per heavy atom. The highest BCUT2D eigenvalue weighted by Crippen LogP contribution is 2.24. The average Bonchev–Trinajstić information content (AvgIpc) is 2.38. The number of nitrogens with one attached hydrogen (secondary N) is 1. The summed E-state index contributed by atoms with van der Waals surface area (Å²) >= 11 is 0. The zero-order valence-electron chi connectivity index (χ0n) is 12.4. The molecule has 5 nitrogen and oxygen atoms in total. The number of hydrazine groups is 1. The van der Waals surface area contributed by atoms with Crippen LogP contribution in [0.2, 0.25) is 0 Å². The number of aromatic nitrogens is 1. The van der Waals surface area contributed by atoms with E-state index in [1.165, 1.54) is 6.42 Å². The van der Waals surface area contributed by atoms with Crippen molar-refractivity contribution >= 4 is 11.8 Å². The molecule has 5 heteroatoms. The van der Waals surface area contributed by atoms with Crippen LogP contribution in [0.5, 0.6) is 0 Å². The predicted molar refractivity (Wildman–Crippen MR) is 78.9 cm³/mol. The minimum absolute atomic E-state index is 0.177. The molecule has 1 saturated heterocycles. The topological polar surface area (TPSA) is 65.5 Å². The van der Waals surface area contributed by atoms with E-state index in [2.05, 4.69) is 15.4 Å². The number of carbonyl (C=O) groups is 1. The molecule has 1 aliphatic rings. The number of hydrogen-bond donors (Lipinski definition) is 2. The van der Waals surface area contributed by atoms with Gasteiger partial charge in [-0.25, -0.2) is 14.8 Å². The molecule has 1 aromatic rings. The molecule has 20 heavy (non-hydrogen) atoms. The molecule has 2 heterocycles. The van der Waals surface area contributed by atoms with Gasteiger partial charge in [-0.3, -0.25) is 0 Å². The lowest BCUT2D eigenvalue weighted by Gasteiger charge is -2.28. The van der Waals surface area contributed by atoms with E-state index in [1.54, 1.807) is 12.1 Å². The van der Waals surface area contributed by atoms with Gasteiger partial charge in [-0.2, -0.15) is 0 Å². The Morgan fingerprint density at radius 3 is 2.45 bits per heavy atom. The van der Waals surface area contributed by atoms with Crippen molar-refractivity contribution in [1.29, 1.82) is 0 Å². The second-order valence-corrected chi connectivity index (χ2v) is 6.34. The summed E-state index contributed by atoms with van der Waals surface area (Å²) in [5.74, 6) is -0.295. The van der Waals surface area contributed by atoms with E-state index >= 15 is 0 Å². The Kier molecular flexibility index (Phi) is 4.28. The number of hydrogen-bond acceptors (Lipinski definition) is 4. The Labute approximate surface area is 120 Å². The van der Waals surface area contributed by atoms with Gasteiger partial charge in [0.1, 0.15) is 5.82 Å². The summed E-state index contributed by atoms with van der Waals surface area (Å²) in [7, 11) is 0. The number of aromatic carboxylic acids is 1. The quantitative estimate of drug-likeness (QED) is 0.889. The number of piperidine rings is 1. The highest BCUT2D eigenvalue weighted by Gasteiger charge is 2.20. The molecule has 0 amide bonds. The van der Waals surface area contributed by atoms with E-state index in [4.69, 9.17) is 0 Å². The number of anilines is 1. The largest absolute Gasteiger partial charge is 0.478 e. The van der Waals surface area contributed by atoms with E-state index in [-0.39, 0.29) is 11.0 Å². The first-order valence-corrected chi connectivity index (χ1v) is 7.14. The lowest BCUT2D eigenvalue weighted by molar-refractivity contribution is 0.0696. The van der Waals surface area contributed by atoms with Gasteiger partial charge in [0.25, 0.3) is 0 Å². The van der Waals surface area contributed by atoms with E-state index in [0.29, 0.717) is 5.82 Å². The fourth-order valence-corrected chi connectivity index (χ4v) is 2.26. The van der Waals surface area contributed by atoms with Crippen LogP contribution in [-0.2, 0) is 5.41 Å². The average molecular weight is 277 g/mol. The van der Waals surface area contributed by atoms with Gasteiger partial charge in [0, 0.05) is 24.2 Å². The third-order valence-corrected chi connectivity index (χ3v) is 3.47. The molecule has 0 aromatic carbocycles. The van der Waals surface area contributed by atoms with Crippen molar-refractivity contribution in [2.45, 2.75) is 45.4 Å². The molecule has 110 valence electrons. The molecule has 1 fully saturated rings. The highest BCUT2D eigenvalue weighted by molar-refractivity contribution is 5.88. The summed E-state index contributed by atoms with van der Waals surface area (Å²) < 4.78 is 0. The molecule has 0 aliphatic carbocycles. The molecule has 0 unspecified atom stereocenters. The van der Waals surface area contributed by atoms with E-state index in [0.717, 1.165) is 31.6 Å². The molecule has 2 rings (SSSR count). The van der Waals surface area contributed by atoms with Gasteiger partial charge in [0.05, 0.1) is 5.56 Å². The lowest BCUT2D eigenvalue weighted by atomic mass is 9.91. The summed E-state index contributed by atoms with van der Waals surface area (Å²) in [6.07, 6.45) is 3.59. The highest BCUT2D eigenvalue weighted by atomic mass is 16.4. The number of carboxylic acids is 1. The Morgan fingerprint density at radius 2 is 1.90 bits per heavy atom. The van der Waals surface area contributed by atoms with Gasteiger partial charge < -0.3 is 10.5 Å². The van der Waals surface area contributed by atoms with Gasteiger partial charge >= 0.3 is 5.97 Å². The maximum absolute atomic E-state index is 11.3. The molecular weight excluding hydrogens is 254 g/mol. The number of pyridine rings is 1. The normalized spacial score (nSPS) is 16.9. The van der Waals surface area contributed by atoms with E-state index in [1.807, 2.05) is 20.8 Å². The van der Waals surface area contributed by atoms with Crippen molar-refractivity contribution in [1.82, 2.24) is 9.99 Å². The van der Waals surface area contributed by atoms with Gasteiger partial charge in [0.2, 0.25) is 0 Å². The minimum atomic E-state index is -0.917. The fourth-order valence-electron chi connectivity index (χ4n) is 2.26. The molecule has 1 aromatic heterocycles. The summed E-state index contributed by atoms with van der Waals surface area (Å²) in [5.41, 5.74) is 4.14. The van der Waals surface area contributed by atoms with Crippen LogP contribution < -0.4 is 5.43 Å². The third kappa shape index (κ3) is 3.70. The van der Waals surface area contributed by atoms with Gasteiger partial charge in [-0.15, -0.1) is 0 Å². The third-order valence-electron chi connectivity index (χ3n) is 3.47. The molecule has 0 atom stereocenters. The van der Waals surface area contributed by atoms with Crippen molar-refractivity contribution in [3.8, 4) is 0 Å². The summed E-state index contributed by atoms with van der Waals surface area (Å²) in [5, 5.41) is 11.4. The summed E-state index contributed by atoms with van der Waals surface area (Å²) in [6.45, 7) is 8.05. The smallest absolute Gasteiger partial charge is 0.335 e. The van der Waals surface area contributed by atoms with Crippen LogP contribution >= 0.6 is 0 Å². The van der Waals surface area contributed by atoms with Crippen molar-refractivity contribution in [3.05, 3.63) is 23.4 Å². The first kappa shape index (κ1) is 14.8. The first-order chi connectivity index (χ1) is 9.36. The molecule has 0 radical (unpaired) electrons. The number of nitrogens with zero attached hydrogens (tertiary/aromatic N) is 2. The summed E-state index contributed by atoms with van der Waals surface area (Å²) in [6, 6.07) is 3.26. The van der Waals surface area contributed by atoms with Crippen LogP contribution in [0.3, 0.4) is 0 Å². The fraction of sp³-hybridized carbons (Fsp3) is 0.600. The van der Waals surface area contributed by atoms with Crippen LogP contribution in [0.1, 0.15) is 56.1 Å². The molecule has 0 saturated carbocycles. The van der Waals surface area contributed by atoms with Crippen LogP contribution in [0.25, 0.3) is 0 Å². The van der Waals surface area contributed by atoms with Crippen molar-refractivity contribution < 1.29 is 9.90 Å². The van der Waals surface area contributed by atoms with Crippen LogP contribution in [-0.4, -0.2) is 34.2 Å². The lowest BCUT2D eigenvalue weighted by Crippen LogP contribution is -2.35. The Hall–Kier alpha value is -1.62. The molecular formula is C15H23N3O2. The first-order valence-electron chi connectivity index (χ1n) is 7.14. The number of rotatable bonds is 3. The summed E-state index contributed by atoms with van der Waals surface area (Å²) in [4.78, 5) is 15.8. The molecule has 1 aliphatic heterocycles. The van der Waals surface area contributed by atoms with Gasteiger partial charge in [-0.1, -0.05) is 27.2 Å². The second-order valence-electron chi connectivity index (χ2n) is 6.34. The maximum Gasteiger partial charge on any atom is 0.335 e. The van der Waals surface area contributed by atoms with Gasteiger partial charge in [-0.05, 0) is 25.0 Å². The predicted octanol–water partition coefficient (Wildman–Crippen LogP) is 2.89. The van der Waals surface area contributed by atoms with Crippen LogP contribution in [0.15, 0.2) is 12.1 Å².